The molecule has 1 aromatic carbocycles. The summed E-state index contributed by atoms with van der Waals surface area (Å²) in [6.07, 6.45) is 2.34. The van der Waals surface area contributed by atoms with Crippen LogP contribution in [0, 0.1) is 5.92 Å². The van der Waals surface area contributed by atoms with E-state index in [9.17, 15) is 0 Å². The smallest absolute Gasteiger partial charge is 0.0469 e. The lowest BCUT2D eigenvalue weighted by Gasteiger charge is -2.41. The maximum Gasteiger partial charge on any atom is 0.0469 e. The van der Waals surface area contributed by atoms with Gasteiger partial charge in [0.05, 0.1) is 0 Å². The molecular formula is C16H24Br2Cl2N2O. The number of ether oxygens (including phenoxy) is 1. The highest BCUT2D eigenvalue weighted by molar-refractivity contribution is 9.13. The molecule has 2 fully saturated rings. The molecule has 0 radical (unpaired) electrons. The summed E-state index contributed by atoms with van der Waals surface area (Å²) < 4.78 is 7.84. The minimum Gasteiger partial charge on any atom is -0.381 e. The van der Waals surface area contributed by atoms with E-state index in [0.29, 0.717) is 12.0 Å². The van der Waals surface area contributed by atoms with E-state index in [1.807, 2.05) is 0 Å². The zero-order valence-electron chi connectivity index (χ0n) is 13.0. The molecule has 23 heavy (non-hydrogen) atoms. The minimum atomic E-state index is 0. The highest BCUT2D eigenvalue weighted by Crippen LogP contribution is 2.37. The van der Waals surface area contributed by atoms with Gasteiger partial charge in [-0.1, -0.05) is 6.07 Å². The molecule has 0 spiro atoms. The zero-order chi connectivity index (χ0) is 14.7. The number of benzene rings is 1. The van der Waals surface area contributed by atoms with Crippen molar-refractivity contribution >= 4 is 56.7 Å². The van der Waals surface area contributed by atoms with Gasteiger partial charge >= 0.3 is 0 Å². The first kappa shape index (κ1) is 21.7. The standard InChI is InChI=1S/C16H22Br2N2O.2ClH/c17-14-2-1-13(11-15(14)18)16(12-3-9-21-10-4-12)20-7-5-19-6-8-20;;/h1-2,11-12,16,19H,3-10H2;2*1H/t16-;;/m1../s1. The third kappa shape index (κ3) is 5.56. The lowest BCUT2D eigenvalue weighted by Crippen LogP contribution is -2.47. The van der Waals surface area contributed by atoms with Crippen LogP contribution in [0.4, 0.5) is 0 Å². The Morgan fingerprint density at radius 2 is 1.70 bits per heavy atom. The third-order valence-corrected chi connectivity index (χ3v) is 6.42. The molecule has 0 bridgehead atoms. The van der Waals surface area contributed by atoms with E-state index in [2.05, 4.69) is 60.3 Å². The minimum absolute atomic E-state index is 0. The van der Waals surface area contributed by atoms with Gasteiger partial charge in [-0.2, -0.15) is 0 Å². The number of piperazine rings is 1. The lowest BCUT2D eigenvalue weighted by atomic mass is 9.85. The molecule has 2 heterocycles. The van der Waals surface area contributed by atoms with Crippen molar-refractivity contribution < 1.29 is 4.74 Å². The van der Waals surface area contributed by atoms with Crippen LogP contribution in [-0.2, 0) is 4.74 Å². The SMILES string of the molecule is Brc1ccc([C@@H](C2CCOCC2)N2CCNCC2)cc1Br.Cl.Cl. The number of nitrogens with zero attached hydrogens (tertiary/aromatic N) is 1. The van der Waals surface area contributed by atoms with Crippen LogP contribution < -0.4 is 5.32 Å². The van der Waals surface area contributed by atoms with Gasteiger partial charge in [0.1, 0.15) is 0 Å². The lowest BCUT2D eigenvalue weighted by molar-refractivity contribution is 0.0213. The Bertz CT molecular complexity index is 463. The summed E-state index contributed by atoms with van der Waals surface area (Å²) in [5.74, 6) is 0.699. The fraction of sp³-hybridized carbons (Fsp3) is 0.625. The maximum atomic E-state index is 5.57. The molecule has 3 nitrogen and oxygen atoms in total. The summed E-state index contributed by atoms with van der Waals surface area (Å²) in [4.78, 5) is 2.65. The predicted octanol–water partition coefficient (Wildman–Crippen LogP) is 4.43. The van der Waals surface area contributed by atoms with Crippen LogP contribution in [0.3, 0.4) is 0 Å². The van der Waals surface area contributed by atoms with Crippen molar-refractivity contribution in [2.75, 3.05) is 39.4 Å². The van der Waals surface area contributed by atoms with E-state index in [0.717, 1.165) is 48.3 Å². The first-order chi connectivity index (χ1) is 10.3. The zero-order valence-corrected chi connectivity index (χ0v) is 17.8. The molecule has 1 aromatic rings. The molecule has 2 aliphatic heterocycles. The van der Waals surface area contributed by atoms with Gasteiger partial charge in [-0.05, 0) is 68.3 Å². The summed E-state index contributed by atoms with van der Waals surface area (Å²) in [5, 5.41) is 3.46. The normalized spacial score (nSPS) is 21.1. The fourth-order valence-corrected chi connectivity index (χ4v) is 4.11. The Hall–Kier alpha value is 0.640. The summed E-state index contributed by atoms with van der Waals surface area (Å²) >= 11 is 7.24. The van der Waals surface area contributed by atoms with Crippen LogP contribution in [-0.4, -0.2) is 44.3 Å². The Morgan fingerprint density at radius 1 is 1.04 bits per heavy atom. The molecule has 1 atom stereocenters. The first-order valence-corrected chi connectivity index (χ1v) is 9.32. The fourth-order valence-electron chi connectivity index (χ4n) is 3.47. The van der Waals surface area contributed by atoms with Gasteiger partial charge in [0.2, 0.25) is 0 Å². The molecule has 3 rings (SSSR count). The summed E-state index contributed by atoms with van der Waals surface area (Å²) in [6, 6.07) is 7.23. The van der Waals surface area contributed by atoms with Crippen molar-refractivity contribution in [1.29, 1.82) is 0 Å². The molecule has 2 saturated heterocycles. The van der Waals surface area contributed by atoms with Gasteiger partial charge in [-0.25, -0.2) is 0 Å². The van der Waals surface area contributed by atoms with Crippen LogP contribution in [0.5, 0.6) is 0 Å². The number of hydrogen-bond acceptors (Lipinski definition) is 3. The molecule has 0 aromatic heterocycles. The number of rotatable bonds is 3. The van der Waals surface area contributed by atoms with Crippen LogP contribution in [0.1, 0.15) is 24.4 Å². The monoisotopic (exact) mass is 488 g/mol. The van der Waals surface area contributed by atoms with E-state index in [4.69, 9.17) is 4.74 Å². The van der Waals surface area contributed by atoms with Crippen molar-refractivity contribution in [2.45, 2.75) is 18.9 Å². The van der Waals surface area contributed by atoms with Crippen LogP contribution in [0.2, 0.25) is 0 Å². The van der Waals surface area contributed by atoms with Crippen LogP contribution >= 0.6 is 56.7 Å². The van der Waals surface area contributed by atoms with E-state index in [1.165, 1.54) is 18.4 Å². The topological polar surface area (TPSA) is 24.5 Å². The quantitative estimate of drug-likeness (QED) is 0.678. The Kier molecular flexibility index (Phi) is 9.98. The molecule has 0 amide bonds. The maximum absolute atomic E-state index is 5.57. The van der Waals surface area contributed by atoms with Crippen molar-refractivity contribution in [2.24, 2.45) is 5.92 Å². The number of hydrogen-bond donors (Lipinski definition) is 1. The van der Waals surface area contributed by atoms with E-state index >= 15 is 0 Å². The van der Waals surface area contributed by atoms with E-state index < -0.39 is 0 Å². The molecule has 0 saturated carbocycles. The van der Waals surface area contributed by atoms with Gasteiger partial charge < -0.3 is 10.1 Å². The summed E-state index contributed by atoms with van der Waals surface area (Å²) in [7, 11) is 0. The van der Waals surface area contributed by atoms with Crippen LogP contribution in [0.15, 0.2) is 27.1 Å². The molecule has 1 N–H and O–H groups in total. The predicted molar refractivity (Wildman–Crippen MR) is 107 cm³/mol. The Balaban J connectivity index is 0.00000132. The second kappa shape index (κ2) is 10.6. The summed E-state index contributed by atoms with van der Waals surface area (Å²) in [6.45, 7) is 6.27. The first-order valence-electron chi connectivity index (χ1n) is 7.73. The highest BCUT2D eigenvalue weighted by Gasteiger charge is 2.31. The molecule has 132 valence electrons. The second-order valence-electron chi connectivity index (χ2n) is 5.85. The second-order valence-corrected chi connectivity index (χ2v) is 7.56. The van der Waals surface area contributed by atoms with Crippen LogP contribution in [0.25, 0.3) is 0 Å². The van der Waals surface area contributed by atoms with E-state index in [1.54, 1.807) is 0 Å². The molecule has 2 aliphatic rings. The summed E-state index contributed by atoms with van der Waals surface area (Å²) in [5.41, 5.74) is 1.43. The molecular weight excluding hydrogens is 467 g/mol. The Labute approximate surface area is 168 Å². The largest absolute Gasteiger partial charge is 0.381 e. The van der Waals surface area contributed by atoms with Crippen molar-refractivity contribution in [3.8, 4) is 0 Å². The van der Waals surface area contributed by atoms with Crippen molar-refractivity contribution in [3.05, 3.63) is 32.7 Å². The number of halogens is 4. The number of nitrogens with one attached hydrogen (secondary N) is 1. The molecule has 0 unspecified atom stereocenters. The van der Waals surface area contributed by atoms with Crippen molar-refractivity contribution in [3.63, 3.8) is 0 Å². The van der Waals surface area contributed by atoms with Gasteiger partial charge in [-0.15, -0.1) is 24.8 Å². The average Bonchev–Trinajstić information content (AvgIpc) is 2.53. The van der Waals surface area contributed by atoms with Gasteiger partial charge in [-0.3, -0.25) is 4.90 Å². The molecule has 7 heteroatoms. The van der Waals surface area contributed by atoms with Gasteiger partial charge in [0, 0.05) is 54.4 Å². The van der Waals surface area contributed by atoms with Crippen molar-refractivity contribution in [1.82, 2.24) is 10.2 Å². The van der Waals surface area contributed by atoms with Gasteiger partial charge in [0.25, 0.3) is 0 Å². The Morgan fingerprint density at radius 3 is 2.30 bits per heavy atom. The molecule has 0 aliphatic carbocycles. The third-order valence-electron chi connectivity index (χ3n) is 4.54. The van der Waals surface area contributed by atoms with Gasteiger partial charge in [0.15, 0.2) is 0 Å². The van der Waals surface area contributed by atoms with E-state index in [-0.39, 0.29) is 24.8 Å². The average molecular weight is 491 g/mol. The highest BCUT2D eigenvalue weighted by atomic mass is 79.9.